The molecular formula is C7H14N4O. The number of nitrogens with two attached hydrogens (primary N) is 1. The van der Waals surface area contributed by atoms with Crippen LogP contribution in [-0.4, -0.2) is 26.0 Å². The highest BCUT2D eigenvalue weighted by Gasteiger charge is 2.17. The molecule has 0 bridgehead atoms. The van der Waals surface area contributed by atoms with Crippen LogP contribution in [0.3, 0.4) is 0 Å². The summed E-state index contributed by atoms with van der Waals surface area (Å²) in [6.07, 6.45) is 1.01. The molecule has 0 spiro atoms. The minimum Gasteiger partial charge on any atom is -0.391 e. The van der Waals surface area contributed by atoms with Crippen molar-refractivity contribution < 1.29 is 5.11 Å². The Labute approximate surface area is 71.2 Å². The maximum Gasteiger partial charge on any atom is 0.152 e. The summed E-state index contributed by atoms with van der Waals surface area (Å²) < 4.78 is 1.82. The third-order valence-corrected chi connectivity index (χ3v) is 1.80. The zero-order chi connectivity index (χ0) is 9.14. The van der Waals surface area contributed by atoms with Crippen molar-refractivity contribution in [3.63, 3.8) is 0 Å². The predicted molar refractivity (Wildman–Crippen MR) is 44.3 cm³/mol. The van der Waals surface area contributed by atoms with Gasteiger partial charge in [0.1, 0.15) is 6.33 Å². The average Bonchev–Trinajstić information content (AvgIpc) is 2.49. The maximum absolute atomic E-state index is 9.21. The molecular weight excluding hydrogens is 156 g/mol. The molecule has 0 radical (unpaired) electrons. The van der Waals surface area contributed by atoms with E-state index in [1.807, 2.05) is 11.5 Å². The van der Waals surface area contributed by atoms with Crippen molar-refractivity contribution in [3.05, 3.63) is 12.2 Å². The lowest BCUT2D eigenvalue weighted by atomic mass is 10.2. The molecule has 1 aromatic heterocycles. The standard InChI is InChI=1S/C7H14N4O/c1-3-11-4-9-10-7(11)6(8)5(2)12/h4-6,12H,3,8H2,1-2H3/t5-,6+/m1/s1. The zero-order valence-electron chi connectivity index (χ0n) is 7.31. The van der Waals surface area contributed by atoms with E-state index in [-0.39, 0.29) is 0 Å². The molecule has 1 heterocycles. The van der Waals surface area contributed by atoms with Crippen LogP contribution in [-0.2, 0) is 6.54 Å². The molecule has 12 heavy (non-hydrogen) atoms. The zero-order valence-corrected chi connectivity index (χ0v) is 7.31. The summed E-state index contributed by atoms with van der Waals surface area (Å²) in [6, 6.07) is -0.451. The number of aliphatic hydroxyl groups excluding tert-OH is 1. The Balaban J connectivity index is 2.86. The van der Waals surface area contributed by atoms with Gasteiger partial charge in [-0.15, -0.1) is 10.2 Å². The number of hydrogen-bond donors (Lipinski definition) is 2. The van der Waals surface area contributed by atoms with Gasteiger partial charge in [0, 0.05) is 6.54 Å². The predicted octanol–water partition coefficient (Wildman–Crippen LogP) is -0.321. The van der Waals surface area contributed by atoms with Gasteiger partial charge in [0.15, 0.2) is 5.82 Å². The maximum atomic E-state index is 9.21. The molecule has 0 aliphatic heterocycles. The van der Waals surface area contributed by atoms with Crippen LogP contribution >= 0.6 is 0 Å². The van der Waals surface area contributed by atoms with Gasteiger partial charge in [-0.05, 0) is 13.8 Å². The Bertz CT molecular complexity index is 245. The summed E-state index contributed by atoms with van der Waals surface area (Å²) in [5.41, 5.74) is 5.69. The quantitative estimate of drug-likeness (QED) is 0.651. The molecule has 0 aromatic carbocycles. The largest absolute Gasteiger partial charge is 0.391 e. The van der Waals surface area contributed by atoms with Crippen LogP contribution < -0.4 is 5.73 Å². The first-order valence-electron chi connectivity index (χ1n) is 3.98. The van der Waals surface area contributed by atoms with Crippen LogP contribution in [0.25, 0.3) is 0 Å². The van der Waals surface area contributed by atoms with Crippen molar-refractivity contribution in [2.24, 2.45) is 5.73 Å². The van der Waals surface area contributed by atoms with Crippen LogP contribution in [0.2, 0.25) is 0 Å². The Kier molecular flexibility index (Phi) is 2.78. The second-order valence-corrected chi connectivity index (χ2v) is 2.74. The van der Waals surface area contributed by atoms with Gasteiger partial charge < -0.3 is 15.4 Å². The van der Waals surface area contributed by atoms with Crippen LogP contribution in [0.5, 0.6) is 0 Å². The van der Waals surface area contributed by atoms with Crippen molar-refractivity contribution in [2.45, 2.75) is 32.5 Å². The van der Waals surface area contributed by atoms with Crippen LogP contribution in [0.4, 0.5) is 0 Å². The lowest BCUT2D eigenvalue weighted by molar-refractivity contribution is 0.158. The number of aryl methyl sites for hydroxylation is 1. The summed E-state index contributed by atoms with van der Waals surface area (Å²) in [7, 11) is 0. The topological polar surface area (TPSA) is 77.0 Å². The van der Waals surface area contributed by atoms with Gasteiger partial charge in [-0.1, -0.05) is 0 Å². The lowest BCUT2D eigenvalue weighted by Crippen LogP contribution is -2.26. The summed E-state index contributed by atoms with van der Waals surface area (Å²) in [4.78, 5) is 0. The minimum absolute atomic E-state index is 0.451. The monoisotopic (exact) mass is 170 g/mol. The van der Waals surface area contributed by atoms with Gasteiger partial charge >= 0.3 is 0 Å². The van der Waals surface area contributed by atoms with Crippen molar-refractivity contribution in [1.82, 2.24) is 14.8 Å². The third kappa shape index (κ3) is 1.62. The van der Waals surface area contributed by atoms with Crippen molar-refractivity contribution in [2.75, 3.05) is 0 Å². The Morgan fingerprint density at radius 1 is 1.75 bits per heavy atom. The van der Waals surface area contributed by atoms with E-state index in [9.17, 15) is 5.11 Å². The summed E-state index contributed by atoms with van der Waals surface area (Å²) in [6.45, 7) is 4.38. The van der Waals surface area contributed by atoms with E-state index in [0.717, 1.165) is 6.54 Å². The smallest absolute Gasteiger partial charge is 0.152 e. The molecule has 2 atom stereocenters. The normalized spacial score (nSPS) is 16.0. The SMILES string of the molecule is CCn1cnnc1[C@@H](N)[C@@H](C)O. The van der Waals surface area contributed by atoms with Gasteiger partial charge in [-0.3, -0.25) is 0 Å². The molecule has 0 saturated carbocycles. The van der Waals surface area contributed by atoms with Gasteiger partial charge in [0.25, 0.3) is 0 Å². The first-order valence-corrected chi connectivity index (χ1v) is 3.98. The van der Waals surface area contributed by atoms with E-state index in [4.69, 9.17) is 5.73 Å². The van der Waals surface area contributed by atoms with Gasteiger partial charge in [0.05, 0.1) is 12.1 Å². The molecule has 5 heteroatoms. The summed E-state index contributed by atoms with van der Waals surface area (Å²) >= 11 is 0. The number of rotatable bonds is 3. The third-order valence-electron chi connectivity index (χ3n) is 1.80. The van der Waals surface area contributed by atoms with Crippen LogP contribution in [0, 0.1) is 0 Å². The second-order valence-electron chi connectivity index (χ2n) is 2.74. The molecule has 0 unspecified atom stereocenters. The van der Waals surface area contributed by atoms with E-state index >= 15 is 0 Å². The molecule has 1 rings (SSSR count). The van der Waals surface area contributed by atoms with E-state index in [1.165, 1.54) is 0 Å². The van der Waals surface area contributed by atoms with E-state index in [2.05, 4.69) is 10.2 Å². The molecule has 0 aliphatic carbocycles. The average molecular weight is 170 g/mol. The first-order chi connectivity index (χ1) is 5.66. The number of hydrogen-bond acceptors (Lipinski definition) is 4. The number of aliphatic hydroxyl groups is 1. The number of aromatic nitrogens is 3. The highest BCUT2D eigenvalue weighted by Crippen LogP contribution is 2.10. The molecule has 0 saturated heterocycles. The Morgan fingerprint density at radius 3 is 2.92 bits per heavy atom. The van der Waals surface area contributed by atoms with Crippen LogP contribution in [0.15, 0.2) is 6.33 Å². The van der Waals surface area contributed by atoms with Crippen molar-refractivity contribution >= 4 is 0 Å². The minimum atomic E-state index is -0.598. The van der Waals surface area contributed by atoms with E-state index < -0.39 is 12.1 Å². The fourth-order valence-electron chi connectivity index (χ4n) is 0.981. The second kappa shape index (κ2) is 3.64. The molecule has 5 nitrogen and oxygen atoms in total. The highest BCUT2D eigenvalue weighted by atomic mass is 16.3. The Hall–Kier alpha value is -0.940. The summed E-state index contributed by atoms with van der Waals surface area (Å²) in [5.74, 6) is 0.632. The van der Waals surface area contributed by atoms with E-state index in [1.54, 1.807) is 13.3 Å². The molecule has 0 aliphatic rings. The lowest BCUT2D eigenvalue weighted by Gasteiger charge is -2.13. The highest BCUT2D eigenvalue weighted by molar-refractivity contribution is 4.95. The fraction of sp³-hybridized carbons (Fsp3) is 0.714. The Morgan fingerprint density at radius 2 is 2.42 bits per heavy atom. The van der Waals surface area contributed by atoms with Gasteiger partial charge in [-0.25, -0.2) is 0 Å². The van der Waals surface area contributed by atoms with Gasteiger partial charge in [0.2, 0.25) is 0 Å². The molecule has 0 fully saturated rings. The van der Waals surface area contributed by atoms with E-state index in [0.29, 0.717) is 5.82 Å². The summed E-state index contributed by atoms with van der Waals surface area (Å²) in [5, 5.41) is 16.8. The van der Waals surface area contributed by atoms with Gasteiger partial charge in [-0.2, -0.15) is 0 Å². The van der Waals surface area contributed by atoms with Crippen molar-refractivity contribution in [3.8, 4) is 0 Å². The molecule has 3 N–H and O–H groups in total. The molecule has 0 amide bonds. The van der Waals surface area contributed by atoms with Crippen molar-refractivity contribution in [1.29, 1.82) is 0 Å². The molecule has 68 valence electrons. The fourth-order valence-corrected chi connectivity index (χ4v) is 0.981. The number of nitrogens with zero attached hydrogens (tertiary/aromatic N) is 3. The first kappa shape index (κ1) is 9.15. The molecule has 1 aromatic rings. The van der Waals surface area contributed by atoms with Crippen LogP contribution in [0.1, 0.15) is 25.7 Å².